The molecule has 116 valence electrons. The highest BCUT2D eigenvalue weighted by Crippen LogP contribution is 2.22. The standard InChI is InChI=1S/C15H18N4O3/c1-21-10-14(20)19-7-4-11(9-19)8-13-17-15(22-18-13)12-2-5-16-6-3-12/h2-3,5-6,11H,4,7-10H2,1H3. The molecule has 2 aromatic heterocycles. The van der Waals surface area contributed by atoms with Crippen LogP contribution < -0.4 is 0 Å². The van der Waals surface area contributed by atoms with Crippen molar-refractivity contribution in [3.63, 3.8) is 0 Å². The van der Waals surface area contributed by atoms with E-state index in [0.717, 1.165) is 25.1 Å². The summed E-state index contributed by atoms with van der Waals surface area (Å²) in [6.45, 7) is 1.63. The Balaban J connectivity index is 1.59. The number of methoxy groups -OCH3 is 1. The first-order valence-electron chi connectivity index (χ1n) is 7.26. The minimum atomic E-state index is 0.0376. The molecule has 1 amide bonds. The third-order valence-electron chi connectivity index (χ3n) is 3.77. The Labute approximate surface area is 128 Å². The number of hydrogen-bond acceptors (Lipinski definition) is 6. The molecule has 0 N–H and O–H groups in total. The largest absolute Gasteiger partial charge is 0.375 e. The second-order valence-electron chi connectivity index (χ2n) is 5.38. The van der Waals surface area contributed by atoms with Crippen molar-refractivity contribution in [3.05, 3.63) is 30.4 Å². The molecule has 1 aliphatic rings. The van der Waals surface area contributed by atoms with E-state index in [2.05, 4.69) is 15.1 Å². The summed E-state index contributed by atoms with van der Waals surface area (Å²) in [6.07, 6.45) is 5.05. The summed E-state index contributed by atoms with van der Waals surface area (Å²) in [5.41, 5.74) is 0.858. The van der Waals surface area contributed by atoms with Crippen molar-refractivity contribution in [1.82, 2.24) is 20.0 Å². The smallest absolute Gasteiger partial charge is 0.258 e. The molecule has 22 heavy (non-hydrogen) atoms. The van der Waals surface area contributed by atoms with Gasteiger partial charge in [-0.25, -0.2) is 0 Å². The number of rotatable bonds is 5. The first-order chi connectivity index (χ1) is 10.8. The molecule has 0 bridgehead atoms. The molecule has 3 heterocycles. The number of ether oxygens (including phenoxy) is 1. The van der Waals surface area contributed by atoms with Crippen LogP contribution in [-0.2, 0) is 16.0 Å². The molecule has 3 rings (SSSR count). The van der Waals surface area contributed by atoms with Crippen molar-refractivity contribution in [2.75, 3.05) is 26.8 Å². The summed E-state index contributed by atoms with van der Waals surface area (Å²) in [5.74, 6) is 1.58. The molecule has 2 aromatic rings. The molecule has 1 saturated heterocycles. The summed E-state index contributed by atoms with van der Waals surface area (Å²) < 4.78 is 10.2. The Morgan fingerprint density at radius 2 is 2.27 bits per heavy atom. The van der Waals surface area contributed by atoms with E-state index in [1.165, 1.54) is 7.11 Å². The van der Waals surface area contributed by atoms with Gasteiger partial charge < -0.3 is 14.2 Å². The first-order valence-corrected chi connectivity index (χ1v) is 7.26. The van der Waals surface area contributed by atoms with Gasteiger partial charge in [-0.3, -0.25) is 9.78 Å². The van der Waals surface area contributed by atoms with Crippen LogP contribution in [-0.4, -0.2) is 52.7 Å². The molecule has 7 nitrogen and oxygen atoms in total. The molecule has 0 aromatic carbocycles. The topological polar surface area (TPSA) is 81.4 Å². The SMILES string of the molecule is COCC(=O)N1CCC(Cc2noc(-c3ccncc3)n2)C1. The molecule has 0 radical (unpaired) electrons. The zero-order valence-corrected chi connectivity index (χ0v) is 12.4. The molecule has 1 unspecified atom stereocenters. The van der Waals surface area contributed by atoms with Gasteiger partial charge in [0, 0.05) is 44.6 Å². The zero-order valence-electron chi connectivity index (χ0n) is 12.4. The minimum absolute atomic E-state index is 0.0376. The third-order valence-corrected chi connectivity index (χ3v) is 3.77. The van der Waals surface area contributed by atoms with Crippen LogP contribution in [0.2, 0.25) is 0 Å². The highest BCUT2D eigenvalue weighted by molar-refractivity contribution is 5.77. The van der Waals surface area contributed by atoms with Gasteiger partial charge in [0.2, 0.25) is 5.91 Å². The number of amides is 1. The fourth-order valence-electron chi connectivity index (χ4n) is 2.65. The van der Waals surface area contributed by atoms with E-state index < -0.39 is 0 Å². The summed E-state index contributed by atoms with van der Waals surface area (Å²) in [5, 5.41) is 4.03. The van der Waals surface area contributed by atoms with Gasteiger partial charge in [0.05, 0.1) is 0 Å². The fraction of sp³-hybridized carbons (Fsp3) is 0.467. The average Bonchev–Trinajstić information content (AvgIpc) is 3.18. The zero-order chi connectivity index (χ0) is 15.4. The van der Waals surface area contributed by atoms with Crippen molar-refractivity contribution in [2.45, 2.75) is 12.8 Å². The van der Waals surface area contributed by atoms with E-state index >= 15 is 0 Å². The van der Waals surface area contributed by atoms with Crippen LogP contribution in [0.25, 0.3) is 11.5 Å². The average molecular weight is 302 g/mol. The van der Waals surface area contributed by atoms with E-state index in [-0.39, 0.29) is 12.5 Å². The highest BCUT2D eigenvalue weighted by atomic mass is 16.5. The quantitative estimate of drug-likeness (QED) is 0.824. The number of pyridine rings is 1. The second-order valence-corrected chi connectivity index (χ2v) is 5.38. The van der Waals surface area contributed by atoms with Crippen LogP contribution in [0.15, 0.2) is 29.0 Å². The maximum atomic E-state index is 11.8. The Morgan fingerprint density at radius 1 is 1.45 bits per heavy atom. The molecular formula is C15H18N4O3. The third kappa shape index (κ3) is 3.30. The number of carbonyl (C=O) groups is 1. The summed E-state index contributed by atoms with van der Waals surface area (Å²) in [7, 11) is 1.53. The van der Waals surface area contributed by atoms with E-state index in [1.807, 2.05) is 17.0 Å². The van der Waals surface area contributed by atoms with Gasteiger partial charge in [0.25, 0.3) is 5.89 Å². The normalized spacial score (nSPS) is 17.9. The van der Waals surface area contributed by atoms with Crippen molar-refractivity contribution < 1.29 is 14.1 Å². The van der Waals surface area contributed by atoms with Crippen LogP contribution in [0.4, 0.5) is 0 Å². The lowest BCUT2D eigenvalue weighted by Gasteiger charge is -2.15. The Kier molecular flexibility index (Phi) is 4.43. The van der Waals surface area contributed by atoms with Crippen molar-refractivity contribution in [1.29, 1.82) is 0 Å². The van der Waals surface area contributed by atoms with Crippen molar-refractivity contribution in [2.24, 2.45) is 5.92 Å². The summed E-state index contributed by atoms with van der Waals surface area (Å²) >= 11 is 0. The van der Waals surface area contributed by atoms with E-state index in [9.17, 15) is 4.79 Å². The molecule has 7 heteroatoms. The maximum absolute atomic E-state index is 11.8. The van der Waals surface area contributed by atoms with Crippen LogP contribution in [0.1, 0.15) is 12.2 Å². The minimum Gasteiger partial charge on any atom is -0.375 e. The number of likely N-dealkylation sites (tertiary alicyclic amines) is 1. The molecule has 1 atom stereocenters. The number of aromatic nitrogens is 3. The van der Waals surface area contributed by atoms with E-state index in [0.29, 0.717) is 24.1 Å². The predicted molar refractivity (Wildman–Crippen MR) is 77.8 cm³/mol. The highest BCUT2D eigenvalue weighted by Gasteiger charge is 2.27. The van der Waals surface area contributed by atoms with Gasteiger partial charge in [-0.1, -0.05) is 5.16 Å². The van der Waals surface area contributed by atoms with Crippen LogP contribution >= 0.6 is 0 Å². The van der Waals surface area contributed by atoms with Gasteiger partial charge in [-0.05, 0) is 24.5 Å². The van der Waals surface area contributed by atoms with Crippen molar-refractivity contribution >= 4 is 5.91 Å². The fourth-order valence-corrected chi connectivity index (χ4v) is 2.65. The molecule has 0 saturated carbocycles. The Morgan fingerprint density at radius 3 is 3.05 bits per heavy atom. The lowest BCUT2D eigenvalue weighted by atomic mass is 10.1. The molecule has 1 aliphatic heterocycles. The molecular weight excluding hydrogens is 284 g/mol. The summed E-state index contributed by atoms with van der Waals surface area (Å²) in [4.78, 5) is 22.0. The van der Waals surface area contributed by atoms with Gasteiger partial charge >= 0.3 is 0 Å². The number of hydrogen-bond donors (Lipinski definition) is 0. The lowest BCUT2D eigenvalue weighted by molar-refractivity contribution is -0.134. The van der Waals surface area contributed by atoms with Crippen LogP contribution in [0, 0.1) is 5.92 Å². The van der Waals surface area contributed by atoms with Gasteiger partial charge in [0.15, 0.2) is 5.82 Å². The van der Waals surface area contributed by atoms with E-state index in [1.54, 1.807) is 12.4 Å². The van der Waals surface area contributed by atoms with Gasteiger partial charge in [0.1, 0.15) is 6.61 Å². The van der Waals surface area contributed by atoms with E-state index in [4.69, 9.17) is 9.26 Å². The lowest BCUT2D eigenvalue weighted by Crippen LogP contribution is -2.31. The predicted octanol–water partition coefficient (Wildman–Crippen LogP) is 1.17. The number of carbonyl (C=O) groups excluding carboxylic acids is 1. The molecule has 0 spiro atoms. The van der Waals surface area contributed by atoms with Crippen LogP contribution in [0.3, 0.4) is 0 Å². The molecule has 1 fully saturated rings. The molecule has 0 aliphatic carbocycles. The Hall–Kier alpha value is -2.28. The van der Waals surface area contributed by atoms with Gasteiger partial charge in [-0.15, -0.1) is 0 Å². The summed E-state index contributed by atoms with van der Waals surface area (Å²) in [6, 6.07) is 3.66. The van der Waals surface area contributed by atoms with Crippen LogP contribution in [0.5, 0.6) is 0 Å². The number of nitrogens with zero attached hydrogens (tertiary/aromatic N) is 4. The van der Waals surface area contributed by atoms with Gasteiger partial charge in [-0.2, -0.15) is 4.98 Å². The Bertz CT molecular complexity index is 629. The maximum Gasteiger partial charge on any atom is 0.258 e. The van der Waals surface area contributed by atoms with Crippen molar-refractivity contribution in [3.8, 4) is 11.5 Å². The monoisotopic (exact) mass is 302 g/mol. The second kappa shape index (κ2) is 6.65. The first kappa shape index (κ1) is 14.6.